The van der Waals surface area contributed by atoms with Crippen molar-refractivity contribution in [1.29, 1.82) is 0 Å². The summed E-state index contributed by atoms with van der Waals surface area (Å²) in [6.45, 7) is 2.55. The monoisotopic (exact) mass is 446 g/mol. The Morgan fingerprint density at radius 3 is 2.64 bits per heavy atom. The molecule has 3 heterocycles. The van der Waals surface area contributed by atoms with Gasteiger partial charge in [-0.3, -0.25) is 25.1 Å². The fourth-order valence-electron chi connectivity index (χ4n) is 5.51. The van der Waals surface area contributed by atoms with Crippen LogP contribution in [-0.4, -0.2) is 60.5 Å². The van der Waals surface area contributed by atoms with Crippen LogP contribution in [0.15, 0.2) is 53.8 Å². The molecule has 7 heteroatoms. The highest BCUT2D eigenvalue weighted by Gasteiger charge is 2.55. The number of carbonyl (C=O) groups excluding carboxylic acids is 1. The number of nitrogens with zero attached hydrogens (tertiary/aromatic N) is 5. The summed E-state index contributed by atoms with van der Waals surface area (Å²) in [5.41, 5.74) is 2.86. The number of benzene rings is 1. The number of amides is 2. The lowest BCUT2D eigenvalue weighted by molar-refractivity contribution is 0.250. The van der Waals surface area contributed by atoms with E-state index in [1.807, 2.05) is 17.0 Å². The first-order valence-electron chi connectivity index (χ1n) is 12.1. The van der Waals surface area contributed by atoms with Gasteiger partial charge in [0, 0.05) is 45.6 Å². The molecular weight excluding hydrogens is 412 g/mol. The molecule has 1 saturated carbocycles. The number of hydrogen-bond donors (Lipinski definition) is 1. The molecule has 2 amide bonds. The van der Waals surface area contributed by atoms with Gasteiger partial charge in [0.25, 0.3) is 0 Å². The Kier molecular flexibility index (Phi) is 6.06. The summed E-state index contributed by atoms with van der Waals surface area (Å²) in [7, 11) is 4.12. The van der Waals surface area contributed by atoms with Gasteiger partial charge in [0.05, 0.1) is 17.9 Å². The van der Waals surface area contributed by atoms with Gasteiger partial charge in [0.1, 0.15) is 11.4 Å². The zero-order valence-electron chi connectivity index (χ0n) is 19.7. The van der Waals surface area contributed by atoms with Crippen molar-refractivity contribution in [1.82, 2.24) is 15.2 Å². The van der Waals surface area contributed by atoms with E-state index in [4.69, 9.17) is 4.99 Å². The fourth-order valence-corrected chi connectivity index (χ4v) is 5.51. The molecule has 1 unspecified atom stereocenters. The third-order valence-electron chi connectivity index (χ3n) is 7.27. The standard InChI is InChI=1S/C26H34N6O/c1-30(2)22-12-10-20(11-13-22)18-31-16-14-26(19-31)24(28-21-7-4-3-5-8-21)29-25(33)32(26)23-9-6-15-27-17-23/h6,9-13,15,17,21H,3-5,7-8,14,16,18-19H2,1-2H3,(H,28,29,33). The van der Waals surface area contributed by atoms with Crippen molar-refractivity contribution in [2.45, 2.75) is 56.7 Å². The van der Waals surface area contributed by atoms with Gasteiger partial charge < -0.3 is 4.90 Å². The van der Waals surface area contributed by atoms with Gasteiger partial charge in [-0.05, 0) is 49.1 Å². The van der Waals surface area contributed by atoms with Gasteiger partial charge >= 0.3 is 6.03 Å². The van der Waals surface area contributed by atoms with Gasteiger partial charge in [-0.15, -0.1) is 0 Å². The average Bonchev–Trinajstić information content (AvgIpc) is 3.36. The van der Waals surface area contributed by atoms with Crippen molar-refractivity contribution < 1.29 is 4.79 Å². The average molecular weight is 447 g/mol. The molecule has 1 N–H and O–H groups in total. The Balaban J connectivity index is 1.43. The molecule has 1 aromatic carbocycles. The zero-order valence-corrected chi connectivity index (χ0v) is 19.7. The third kappa shape index (κ3) is 4.34. The van der Waals surface area contributed by atoms with Crippen LogP contribution in [0, 0.1) is 0 Å². The topological polar surface area (TPSA) is 64.1 Å². The smallest absolute Gasteiger partial charge is 0.328 e. The summed E-state index contributed by atoms with van der Waals surface area (Å²) in [4.78, 5) is 29.2. The Labute approximate surface area is 196 Å². The van der Waals surface area contributed by atoms with Crippen LogP contribution in [0.2, 0.25) is 0 Å². The molecule has 33 heavy (non-hydrogen) atoms. The summed E-state index contributed by atoms with van der Waals surface area (Å²) in [5.74, 6) is 0.855. The molecule has 2 aliphatic heterocycles. The Morgan fingerprint density at radius 1 is 1.15 bits per heavy atom. The number of aliphatic imine (C=N–C) groups is 1. The molecular formula is C26H34N6O. The van der Waals surface area contributed by atoms with E-state index in [9.17, 15) is 4.79 Å². The minimum Gasteiger partial charge on any atom is -0.378 e. The Hall–Kier alpha value is -2.93. The second-order valence-electron chi connectivity index (χ2n) is 9.80. The molecule has 3 aliphatic rings. The number of anilines is 2. The van der Waals surface area contributed by atoms with Gasteiger partial charge in [-0.25, -0.2) is 4.79 Å². The van der Waals surface area contributed by atoms with Crippen molar-refractivity contribution in [3.05, 3.63) is 54.4 Å². The van der Waals surface area contributed by atoms with E-state index in [1.165, 1.54) is 30.5 Å². The lowest BCUT2D eigenvalue weighted by atomic mass is 9.93. The van der Waals surface area contributed by atoms with Crippen molar-refractivity contribution in [3.63, 3.8) is 0 Å². The molecule has 1 atom stereocenters. The molecule has 2 aromatic rings. The fraction of sp³-hybridized carbons (Fsp3) is 0.500. The predicted molar refractivity (Wildman–Crippen MR) is 133 cm³/mol. The summed E-state index contributed by atoms with van der Waals surface area (Å²) in [6.07, 6.45) is 10.4. The summed E-state index contributed by atoms with van der Waals surface area (Å²) in [5, 5.41) is 3.16. The number of likely N-dealkylation sites (tertiary alicyclic amines) is 1. The van der Waals surface area contributed by atoms with Gasteiger partial charge in [0.15, 0.2) is 0 Å². The minimum atomic E-state index is -0.457. The highest BCUT2D eigenvalue weighted by Crippen LogP contribution is 2.38. The van der Waals surface area contributed by atoms with E-state index in [2.05, 4.69) is 58.5 Å². The van der Waals surface area contributed by atoms with Crippen LogP contribution in [0.1, 0.15) is 44.1 Å². The number of hydrogen-bond acceptors (Lipinski definition) is 5. The van der Waals surface area contributed by atoms with Crippen LogP contribution in [-0.2, 0) is 6.54 Å². The molecule has 5 rings (SSSR count). The zero-order chi connectivity index (χ0) is 22.8. The minimum absolute atomic E-state index is 0.0882. The van der Waals surface area contributed by atoms with Crippen LogP contribution in [0.25, 0.3) is 0 Å². The number of aromatic nitrogens is 1. The van der Waals surface area contributed by atoms with E-state index >= 15 is 0 Å². The van der Waals surface area contributed by atoms with E-state index in [1.54, 1.807) is 12.4 Å². The lowest BCUT2D eigenvalue weighted by Crippen LogP contribution is -2.52. The Bertz CT molecular complexity index is 999. The first-order chi connectivity index (χ1) is 16.0. The summed E-state index contributed by atoms with van der Waals surface area (Å²) >= 11 is 0. The number of pyridine rings is 1. The van der Waals surface area contributed by atoms with Crippen LogP contribution >= 0.6 is 0 Å². The number of urea groups is 1. The second-order valence-corrected chi connectivity index (χ2v) is 9.80. The van der Waals surface area contributed by atoms with E-state index in [0.717, 1.165) is 50.4 Å². The molecule has 1 aromatic heterocycles. The molecule has 174 valence electrons. The van der Waals surface area contributed by atoms with Crippen LogP contribution in [0.4, 0.5) is 16.2 Å². The van der Waals surface area contributed by atoms with Crippen LogP contribution < -0.4 is 15.1 Å². The molecule has 0 radical (unpaired) electrons. The van der Waals surface area contributed by atoms with E-state index < -0.39 is 5.54 Å². The molecule has 1 spiro atoms. The largest absolute Gasteiger partial charge is 0.378 e. The van der Waals surface area contributed by atoms with Crippen molar-refractivity contribution in [3.8, 4) is 0 Å². The maximum atomic E-state index is 13.2. The van der Waals surface area contributed by atoms with Crippen LogP contribution in [0.3, 0.4) is 0 Å². The highest BCUT2D eigenvalue weighted by molar-refractivity contribution is 6.19. The molecule has 3 fully saturated rings. The predicted octanol–water partition coefficient (Wildman–Crippen LogP) is 4.05. The molecule has 2 saturated heterocycles. The van der Waals surface area contributed by atoms with E-state index in [-0.39, 0.29) is 6.03 Å². The number of carbonyl (C=O) groups is 1. The first kappa shape index (κ1) is 21.9. The second kappa shape index (κ2) is 9.14. The number of nitrogens with one attached hydrogen (secondary N) is 1. The Morgan fingerprint density at radius 2 is 1.94 bits per heavy atom. The van der Waals surface area contributed by atoms with E-state index in [0.29, 0.717) is 6.04 Å². The molecule has 0 bridgehead atoms. The first-order valence-corrected chi connectivity index (χ1v) is 12.1. The van der Waals surface area contributed by atoms with Gasteiger partial charge in [-0.1, -0.05) is 31.4 Å². The van der Waals surface area contributed by atoms with Gasteiger partial charge in [-0.2, -0.15) is 0 Å². The number of amidine groups is 1. The molecule has 7 nitrogen and oxygen atoms in total. The van der Waals surface area contributed by atoms with Crippen molar-refractivity contribution in [2.75, 3.05) is 37.0 Å². The summed E-state index contributed by atoms with van der Waals surface area (Å²) in [6, 6.07) is 12.8. The normalized spacial score (nSPS) is 25.2. The highest BCUT2D eigenvalue weighted by atomic mass is 16.2. The van der Waals surface area contributed by atoms with Crippen molar-refractivity contribution >= 4 is 23.2 Å². The third-order valence-corrected chi connectivity index (χ3v) is 7.27. The SMILES string of the molecule is CN(C)c1ccc(CN2CCC3(C2)C(=NC2CCCCC2)NC(=O)N3c2cccnc2)cc1. The van der Waals surface area contributed by atoms with Crippen LogP contribution in [0.5, 0.6) is 0 Å². The van der Waals surface area contributed by atoms with Gasteiger partial charge in [0.2, 0.25) is 0 Å². The maximum absolute atomic E-state index is 13.2. The quantitative estimate of drug-likeness (QED) is 0.753. The molecule has 1 aliphatic carbocycles. The summed E-state index contributed by atoms with van der Waals surface area (Å²) < 4.78 is 0. The lowest BCUT2D eigenvalue weighted by Gasteiger charge is -2.34. The maximum Gasteiger partial charge on any atom is 0.328 e. The number of rotatable bonds is 5. The van der Waals surface area contributed by atoms with Crippen molar-refractivity contribution in [2.24, 2.45) is 4.99 Å².